The van der Waals surface area contributed by atoms with E-state index in [0.29, 0.717) is 6.04 Å². The molecule has 0 bridgehead atoms. The van der Waals surface area contributed by atoms with E-state index in [1.54, 1.807) is 19.3 Å². The third-order valence-electron chi connectivity index (χ3n) is 2.78. The van der Waals surface area contributed by atoms with E-state index in [1.165, 1.54) is 18.4 Å². The van der Waals surface area contributed by atoms with Crippen LogP contribution in [0.25, 0.3) is 0 Å². The Hall–Kier alpha value is -1.38. The van der Waals surface area contributed by atoms with Gasteiger partial charge in [0.1, 0.15) is 0 Å². The molecule has 0 spiro atoms. The molecule has 0 aromatic carbocycles. The molecular weight excluding hydrogens is 188 g/mol. The average Bonchev–Trinajstić information content (AvgIpc) is 3.03. The van der Waals surface area contributed by atoms with Gasteiger partial charge in [-0.15, -0.1) is 0 Å². The molecule has 0 saturated heterocycles. The van der Waals surface area contributed by atoms with Crippen LogP contribution in [-0.2, 0) is 11.2 Å². The van der Waals surface area contributed by atoms with Crippen LogP contribution in [0.2, 0.25) is 0 Å². The van der Waals surface area contributed by atoms with Crippen molar-refractivity contribution in [2.24, 2.45) is 0 Å². The van der Waals surface area contributed by atoms with Crippen molar-refractivity contribution in [1.29, 1.82) is 0 Å². The van der Waals surface area contributed by atoms with Gasteiger partial charge in [0.15, 0.2) is 0 Å². The Balaban J connectivity index is 1.88. The summed E-state index contributed by atoms with van der Waals surface area (Å²) in [6, 6.07) is 4.53. The standard InChI is InChI=1S/C12H16N2O/c1-10(15)14(12-2-3-12)9-6-11-4-7-13-8-5-11/h4-5,7-8,12H,2-3,6,9H2,1H3. The van der Waals surface area contributed by atoms with Gasteiger partial charge < -0.3 is 4.90 Å². The molecule has 0 radical (unpaired) electrons. The zero-order valence-electron chi connectivity index (χ0n) is 9.02. The molecule has 1 aromatic rings. The molecule has 1 amide bonds. The van der Waals surface area contributed by atoms with E-state index in [2.05, 4.69) is 4.98 Å². The van der Waals surface area contributed by atoms with Crippen LogP contribution in [0.15, 0.2) is 24.5 Å². The number of hydrogen-bond acceptors (Lipinski definition) is 2. The Labute approximate surface area is 90.1 Å². The summed E-state index contributed by atoms with van der Waals surface area (Å²) in [4.78, 5) is 17.3. The lowest BCUT2D eigenvalue weighted by Gasteiger charge is -2.20. The van der Waals surface area contributed by atoms with Gasteiger partial charge in [-0.25, -0.2) is 0 Å². The number of pyridine rings is 1. The van der Waals surface area contributed by atoms with E-state index in [1.807, 2.05) is 17.0 Å². The third kappa shape index (κ3) is 2.78. The van der Waals surface area contributed by atoms with Crippen molar-refractivity contribution >= 4 is 5.91 Å². The highest BCUT2D eigenvalue weighted by Crippen LogP contribution is 2.26. The van der Waals surface area contributed by atoms with Gasteiger partial charge in [-0.3, -0.25) is 9.78 Å². The van der Waals surface area contributed by atoms with E-state index in [9.17, 15) is 4.79 Å². The summed E-state index contributed by atoms with van der Waals surface area (Å²) in [7, 11) is 0. The number of rotatable bonds is 4. The van der Waals surface area contributed by atoms with E-state index >= 15 is 0 Å². The van der Waals surface area contributed by atoms with Gasteiger partial charge in [0.2, 0.25) is 5.91 Å². The first-order valence-corrected chi connectivity index (χ1v) is 5.43. The fourth-order valence-electron chi connectivity index (χ4n) is 1.78. The Morgan fingerprint density at radius 2 is 2.13 bits per heavy atom. The Bertz CT molecular complexity index is 333. The maximum atomic E-state index is 11.4. The number of carbonyl (C=O) groups excluding carboxylic acids is 1. The van der Waals surface area contributed by atoms with Crippen LogP contribution in [0, 0.1) is 0 Å². The first kappa shape index (κ1) is 10.1. The molecule has 1 aromatic heterocycles. The van der Waals surface area contributed by atoms with E-state index < -0.39 is 0 Å². The summed E-state index contributed by atoms with van der Waals surface area (Å²) in [6.45, 7) is 2.49. The van der Waals surface area contributed by atoms with Gasteiger partial charge in [0.25, 0.3) is 0 Å². The Kier molecular flexibility index (Phi) is 2.99. The van der Waals surface area contributed by atoms with Crippen molar-refractivity contribution < 1.29 is 4.79 Å². The maximum Gasteiger partial charge on any atom is 0.219 e. The molecule has 2 rings (SSSR count). The van der Waals surface area contributed by atoms with Crippen LogP contribution in [0.3, 0.4) is 0 Å². The first-order valence-electron chi connectivity index (χ1n) is 5.43. The second kappa shape index (κ2) is 4.43. The normalized spacial score (nSPS) is 15.0. The minimum Gasteiger partial charge on any atom is -0.340 e. The van der Waals surface area contributed by atoms with Crippen molar-refractivity contribution in [1.82, 2.24) is 9.88 Å². The summed E-state index contributed by atoms with van der Waals surface area (Å²) >= 11 is 0. The predicted octanol–water partition coefficient (Wildman–Crippen LogP) is 1.64. The SMILES string of the molecule is CC(=O)N(CCc1ccncc1)C1CC1. The number of aromatic nitrogens is 1. The van der Waals surface area contributed by atoms with E-state index in [4.69, 9.17) is 0 Å². The van der Waals surface area contributed by atoms with Gasteiger partial charge >= 0.3 is 0 Å². The quantitative estimate of drug-likeness (QED) is 0.747. The fourth-order valence-corrected chi connectivity index (χ4v) is 1.78. The van der Waals surface area contributed by atoms with Crippen LogP contribution < -0.4 is 0 Å². The molecule has 3 heteroatoms. The smallest absolute Gasteiger partial charge is 0.219 e. The highest BCUT2D eigenvalue weighted by molar-refractivity contribution is 5.74. The Morgan fingerprint density at radius 1 is 1.47 bits per heavy atom. The van der Waals surface area contributed by atoms with E-state index in [-0.39, 0.29) is 5.91 Å². The summed E-state index contributed by atoms with van der Waals surface area (Å²) in [5, 5.41) is 0. The number of hydrogen-bond donors (Lipinski definition) is 0. The molecule has 1 fully saturated rings. The number of nitrogens with zero attached hydrogens (tertiary/aromatic N) is 2. The largest absolute Gasteiger partial charge is 0.340 e. The molecule has 0 atom stereocenters. The monoisotopic (exact) mass is 204 g/mol. The molecule has 3 nitrogen and oxygen atoms in total. The highest BCUT2D eigenvalue weighted by Gasteiger charge is 2.30. The highest BCUT2D eigenvalue weighted by atomic mass is 16.2. The topological polar surface area (TPSA) is 33.2 Å². The maximum absolute atomic E-state index is 11.4. The molecule has 1 saturated carbocycles. The van der Waals surface area contributed by atoms with Crippen LogP contribution in [-0.4, -0.2) is 28.4 Å². The predicted molar refractivity (Wildman–Crippen MR) is 58.4 cm³/mol. The molecule has 1 aliphatic rings. The van der Waals surface area contributed by atoms with E-state index in [0.717, 1.165) is 13.0 Å². The average molecular weight is 204 g/mol. The third-order valence-corrected chi connectivity index (χ3v) is 2.78. The van der Waals surface area contributed by atoms with Crippen molar-refractivity contribution in [3.8, 4) is 0 Å². The molecule has 1 heterocycles. The second-order valence-corrected chi connectivity index (χ2v) is 4.05. The number of carbonyl (C=O) groups is 1. The summed E-state index contributed by atoms with van der Waals surface area (Å²) in [5.74, 6) is 0.201. The lowest BCUT2D eigenvalue weighted by Crippen LogP contribution is -2.32. The van der Waals surface area contributed by atoms with Gasteiger partial charge in [-0.2, -0.15) is 0 Å². The van der Waals surface area contributed by atoms with Crippen LogP contribution in [0.4, 0.5) is 0 Å². The Morgan fingerprint density at radius 3 is 2.67 bits per heavy atom. The molecule has 0 N–H and O–H groups in total. The lowest BCUT2D eigenvalue weighted by atomic mass is 10.2. The van der Waals surface area contributed by atoms with Crippen molar-refractivity contribution in [2.45, 2.75) is 32.2 Å². The molecule has 80 valence electrons. The van der Waals surface area contributed by atoms with Gasteiger partial charge in [0.05, 0.1) is 0 Å². The number of amides is 1. The minimum absolute atomic E-state index is 0.201. The van der Waals surface area contributed by atoms with Crippen LogP contribution >= 0.6 is 0 Å². The molecule has 0 unspecified atom stereocenters. The summed E-state index contributed by atoms with van der Waals surface area (Å²) in [5.41, 5.74) is 1.25. The van der Waals surface area contributed by atoms with Gasteiger partial charge in [-0.05, 0) is 37.0 Å². The van der Waals surface area contributed by atoms with Crippen molar-refractivity contribution in [2.75, 3.05) is 6.54 Å². The zero-order valence-corrected chi connectivity index (χ0v) is 9.02. The van der Waals surface area contributed by atoms with Crippen molar-refractivity contribution in [3.63, 3.8) is 0 Å². The molecule has 15 heavy (non-hydrogen) atoms. The minimum atomic E-state index is 0.201. The summed E-state index contributed by atoms with van der Waals surface area (Å²) < 4.78 is 0. The molecule has 0 aliphatic heterocycles. The fraction of sp³-hybridized carbons (Fsp3) is 0.500. The zero-order chi connectivity index (χ0) is 10.7. The van der Waals surface area contributed by atoms with Gasteiger partial charge in [0, 0.05) is 31.9 Å². The van der Waals surface area contributed by atoms with Crippen LogP contribution in [0.1, 0.15) is 25.3 Å². The first-order chi connectivity index (χ1) is 7.27. The summed E-state index contributed by atoms with van der Waals surface area (Å²) in [6.07, 6.45) is 6.87. The second-order valence-electron chi connectivity index (χ2n) is 4.05. The molecule has 1 aliphatic carbocycles. The molecular formula is C12H16N2O. The lowest BCUT2D eigenvalue weighted by molar-refractivity contribution is -0.129. The van der Waals surface area contributed by atoms with Crippen molar-refractivity contribution in [3.05, 3.63) is 30.1 Å². The van der Waals surface area contributed by atoms with Gasteiger partial charge in [-0.1, -0.05) is 0 Å². The van der Waals surface area contributed by atoms with Crippen LogP contribution in [0.5, 0.6) is 0 Å².